The number of carbonyl (C=O) groups excluding carboxylic acids is 2. The number of hydrazine groups is 1. The maximum absolute atomic E-state index is 12.9. The molecule has 6 rings (SSSR count). The van der Waals surface area contributed by atoms with Crippen molar-refractivity contribution in [3.63, 3.8) is 0 Å². The van der Waals surface area contributed by atoms with Crippen LogP contribution in [0.1, 0.15) is 75.3 Å². The Bertz CT molecular complexity index is 1070. The van der Waals surface area contributed by atoms with Crippen LogP contribution in [0.3, 0.4) is 0 Å². The molecule has 2 amide bonds. The number of hydrogen-bond acceptors (Lipinski definition) is 4. The van der Waals surface area contributed by atoms with Gasteiger partial charge < -0.3 is 0 Å². The monoisotopic (exact) mass is 422 g/mol. The minimum atomic E-state index is -0.510. The van der Waals surface area contributed by atoms with E-state index >= 15 is 0 Å². The van der Waals surface area contributed by atoms with Crippen molar-refractivity contribution >= 4 is 22.6 Å². The lowest BCUT2D eigenvalue weighted by molar-refractivity contribution is -0.130. The topological polar surface area (TPSA) is 93.1 Å². The number of fused-ring (bicyclic) bond motifs is 1. The van der Waals surface area contributed by atoms with Gasteiger partial charge in [0.1, 0.15) is 0 Å². The molecule has 4 saturated carbocycles. The van der Waals surface area contributed by atoms with Crippen molar-refractivity contribution in [1.29, 1.82) is 0 Å². The zero-order valence-electron chi connectivity index (χ0n) is 18.2. The second-order valence-corrected chi connectivity index (χ2v) is 10.3. The Morgan fingerprint density at radius 2 is 1.61 bits per heavy atom. The van der Waals surface area contributed by atoms with Crippen molar-refractivity contribution in [2.45, 2.75) is 64.8 Å². The van der Waals surface area contributed by atoms with E-state index < -0.39 is 5.91 Å². The van der Waals surface area contributed by atoms with Crippen LogP contribution in [0.5, 0.6) is 0 Å². The number of carbonyl (C=O) groups is 2. The van der Waals surface area contributed by atoms with Crippen LogP contribution in [0.25, 0.3) is 10.8 Å². The van der Waals surface area contributed by atoms with Gasteiger partial charge in [-0.05, 0) is 81.6 Å². The van der Waals surface area contributed by atoms with E-state index in [-0.39, 0.29) is 28.6 Å². The highest BCUT2D eigenvalue weighted by Gasteiger charge is 2.51. The van der Waals surface area contributed by atoms with Gasteiger partial charge in [-0.3, -0.25) is 25.2 Å². The lowest BCUT2D eigenvalue weighted by atomic mass is 9.49. The average Bonchev–Trinajstić information content (AvgIpc) is 2.71. The first-order chi connectivity index (χ1) is 14.8. The number of nitrogens with zero attached hydrogens (tertiary/aromatic N) is 2. The van der Waals surface area contributed by atoms with Crippen molar-refractivity contribution in [2.24, 2.45) is 23.2 Å². The summed E-state index contributed by atoms with van der Waals surface area (Å²) in [6.07, 6.45) is 7.91. The van der Waals surface area contributed by atoms with Crippen LogP contribution in [0.15, 0.2) is 29.1 Å². The third-order valence-electron chi connectivity index (χ3n) is 7.55. The third-order valence-corrected chi connectivity index (χ3v) is 7.55. The first kappa shape index (κ1) is 20.2. The van der Waals surface area contributed by atoms with E-state index in [1.807, 2.05) is 13.8 Å². The van der Waals surface area contributed by atoms with Crippen molar-refractivity contribution in [3.05, 3.63) is 40.3 Å². The van der Waals surface area contributed by atoms with E-state index in [1.165, 1.54) is 23.9 Å². The lowest BCUT2D eigenvalue weighted by Crippen LogP contribution is -2.50. The van der Waals surface area contributed by atoms with Gasteiger partial charge in [-0.15, -0.1) is 0 Å². The van der Waals surface area contributed by atoms with Crippen LogP contribution in [0.2, 0.25) is 0 Å². The normalized spacial score (nSPS) is 28.8. The molecule has 31 heavy (non-hydrogen) atoms. The highest BCUT2D eigenvalue weighted by Crippen LogP contribution is 2.61. The van der Waals surface area contributed by atoms with E-state index in [0.29, 0.717) is 17.2 Å². The molecule has 0 aliphatic heterocycles. The number of aromatic nitrogens is 2. The third kappa shape index (κ3) is 3.64. The van der Waals surface area contributed by atoms with Crippen molar-refractivity contribution in [3.8, 4) is 0 Å². The molecule has 7 heteroatoms. The number of hydrogen-bond donors (Lipinski definition) is 2. The van der Waals surface area contributed by atoms with Gasteiger partial charge in [0.25, 0.3) is 11.5 Å². The summed E-state index contributed by atoms with van der Waals surface area (Å²) in [5, 5.41) is 5.22. The van der Waals surface area contributed by atoms with E-state index in [9.17, 15) is 14.4 Å². The fraction of sp³-hybridized carbons (Fsp3) is 0.583. The van der Waals surface area contributed by atoms with Gasteiger partial charge in [-0.25, -0.2) is 4.68 Å². The predicted octanol–water partition coefficient (Wildman–Crippen LogP) is 3.34. The lowest BCUT2D eigenvalue weighted by Gasteiger charge is -2.56. The molecule has 1 heterocycles. The fourth-order valence-electron chi connectivity index (χ4n) is 6.80. The number of benzene rings is 1. The summed E-state index contributed by atoms with van der Waals surface area (Å²) in [4.78, 5) is 38.3. The standard InChI is InChI=1S/C24H30N4O3/c1-14(2)28-23(31)19-6-4-3-5-18(19)21(27-28)22(30)26-25-20(29)13-24-10-15-7-16(11-24)9-17(8-15)12-24/h3-6,14-17H,7-13H2,1-2H3,(H,25,29)(H,26,30). The number of amides is 2. The Hall–Kier alpha value is -2.70. The highest BCUT2D eigenvalue weighted by atomic mass is 16.2. The Labute approximate surface area is 181 Å². The largest absolute Gasteiger partial charge is 0.290 e. The van der Waals surface area contributed by atoms with Crippen molar-refractivity contribution in [1.82, 2.24) is 20.6 Å². The molecule has 1 aromatic heterocycles. The maximum atomic E-state index is 12.9. The van der Waals surface area contributed by atoms with Gasteiger partial charge in [-0.1, -0.05) is 18.2 Å². The first-order valence-corrected chi connectivity index (χ1v) is 11.4. The Kier molecular flexibility index (Phi) is 4.87. The van der Waals surface area contributed by atoms with E-state index in [0.717, 1.165) is 37.0 Å². The Morgan fingerprint density at radius 3 is 2.19 bits per heavy atom. The molecule has 2 N–H and O–H groups in total. The van der Waals surface area contributed by atoms with Gasteiger partial charge >= 0.3 is 0 Å². The van der Waals surface area contributed by atoms with Crippen LogP contribution >= 0.6 is 0 Å². The van der Waals surface area contributed by atoms with Crippen molar-refractivity contribution in [2.75, 3.05) is 0 Å². The highest BCUT2D eigenvalue weighted by molar-refractivity contribution is 6.05. The van der Waals surface area contributed by atoms with E-state index in [1.54, 1.807) is 24.3 Å². The Morgan fingerprint density at radius 1 is 1.03 bits per heavy atom. The van der Waals surface area contributed by atoms with Crippen LogP contribution in [0, 0.1) is 23.2 Å². The quantitative estimate of drug-likeness (QED) is 0.739. The summed E-state index contributed by atoms with van der Waals surface area (Å²) in [5.74, 6) is 1.69. The molecule has 0 atom stereocenters. The van der Waals surface area contributed by atoms with Crippen LogP contribution in [-0.2, 0) is 4.79 Å². The Balaban J connectivity index is 1.31. The smallest absolute Gasteiger partial charge is 0.273 e. The molecule has 4 aliphatic rings. The minimum absolute atomic E-state index is 0.110. The molecule has 0 unspecified atom stereocenters. The molecule has 7 nitrogen and oxygen atoms in total. The summed E-state index contributed by atoms with van der Waals surface area (Å²) in [6, 6.07) is 6.75. The van der Waals surface area contributed by atoms with Gasteiger partial charge in [0.15, 0.2) is 5.69 Å². The molecular formula is C24H30N4O3. The van der Waals surface area contributed by atoms with Gasteiger partial charge in [-0.2, -0.15) is 5.10 Å². The molecule has 0 radical (unpaired) electrons. The summed E-state index contributed by atoms with van der Waals surface area (Å²) in [7, 11) is 0. The summed E-state index contributed by atoms with van der Waals surface area (Å²) in [6.45, 7) is 3.69. The average molecular weight is 423 g/mol. The zero-order valence-corrected chi connectivity index (χ0v) is 18.2. The van der Waals surface area contributed by atoms with Crippen LogP contribution < -0.4 is 16.4 Å². The molecule has 1 aromatic carbocycles. The minimum Gasteiger partial charge on any atom is -0.273 e. The first-order valence-electron chi connectivity index (χ1n) is 11.4. The summed E-state index contributed by atoms with van der Waals surface area (Å²) in [5.41, 5.74) is 5.18. The van der Waals surface area contributed by atoms with E-state index in [2.05, 4.69) is 16.0 Å². The maximum Gasteiger partial charge on any atom is 0.290 e. The van der Waals surface area contributed by atoms with Crippen LogP contribution in [0.4, 0.5) is 0 Å². The van der Waals surface area contributed by atoms with Gasteiger partial charge in [0.05, 0.1) is 11.4 Å². The number of nitrogens with one attached hydrogen (secondary N) is 2. The van der Waals surface area contributed by atoms with Crippen molar-refractivity contribution < 1.29 is 9.59 Å². The second kappa shape index (κ2) is 7.46. The summed E-state index contributed by atoms with van der Waals surface area (Å²) < 4.78 is 1.31. The fourth-order valence-corrected chi connectivity index (χ4v) is 6.80. The predicted molar refractivity (Wildman–Crippen MR) is 117 cm³/mol. The molecule has 4 bridgehead atoms. The SMILES string of the molecule is CC(C)n1nc(C(=O)NNC(=O)CC23CC4CC(CC(C4)C2)C3)c2ccccc2c1=O. The van der Waals surface area contributed by atoms with Gasteiger partial charge in [0.2, 0.25) is 5.91 Å². The summed E-state index contributed by atoms with van der Waals surface area (Å²) >= 11 is 0. The second-order valence-electron chi connectivity index (χ2n) is 10.3. The molecule has 2 aromatic rings. The molecule has 0 saturated heterocycles. The van der Waals surface area contributed by atoms with Crippen LogP contribution in [-0.4, -0.2) is 21.6 Å². The molecule has 4 fully saturated rings. The zero-order chi connectivity index (χ0) is 21.8. The molecule has 0 spiro atoms. The molecule has 4 aliphatic carbocycles. The number of rotatable bonds is 4. The van der Waals surface area contributed by atoms with Gasteiger partial charge in [0, 0.05) is 11.8 Å². The molecule has 164 valence electrons. The molecular weight excluding hydrogens is 392 g/mol. The van der Waals surface area contributed by atoms with E-state index in [4.69, 9.17) is 0 Å².